The molecule has 6 aliphatic rings. The Bertz CT molecular complexity index is 2260. The molecule has 3 atom stereocenters. The second-order valence-corrected chi connectivity index (χ2v) is 17.1. The maximum atomic E-state index is 17.6. The van der Waals surface area contributed by atoms with Crippen LogP contribution < -0.4 is 19.7 Å². The highest BCUT2D eigenvalue weighted by Crippen LogP contribution is 2.43. The van der Waals surface area contributed by atoms with Crippen LogP contribution in [0.2, 0.25) is 0 Å². The van der Waals surface area contributed by atoms with Gasteiger partial charge < -0.3 is 34.1 Å². The second-order valence-electron chi connectivity index (χ2n) is 17.1. The van der Waals surface area contributed by atoms with Crippen LogP contribution >= 0.6 is 0 Å². The van der Waals surface area contributed by atoms with Crippen LogP contribution in [0.4, 0.5) is 28.6 Å². The summed E-state index contributed by atoms with van der Waals surface area (Å²) in [6.07, 6.45) is 3.76. The molecule has 308 valence electrons. The maximum absolute atomic E-state index is 17.6. The van der Waals surface area contributed by atoms with Gasteiger partial charge in [-0.15, -0.1) is 0 Å². The molecule has 2 amide bonds. The minimum absolute atomic E-state index is 0.00502. The number of aryl methyl sites for hydroxylation is 1. The third kappa shape index (κ3) is 7.33. The summed E-state index contributed by atoms with van der Waals surface area (Å²) in [6, 6.07) is 8.79. The van der Waals surface area contributed by atoms with Gasteiger partial charge in [0.15, 0.2) is 5.82 Å². The number of alkyl carbamates (subject to hydrolysis) is 1. The minimum atomic E-state index is -3.26. The molecule has 13 nitrogen and oxygen atoms in total. The molecule has 0 radical (unpaired) electrons. The summed E-state index contributed by atoms with van der Waals surface area (Å²) in [4.78, 5) is 46.0. The summed E-state index contributed by atoms with van der Waals surface area (Å²) in [5.74, 6) is -3.88. The van der Waals surface area contributed by atoms with Crippen LogP contribution in [0, 0.1) is 5.82 Å². The number of amides is 2. The molecule has 0 saturated carbocycles. The highest BCUT2D eigenvalue weighted by atomic mass is 19.3. The third-order valence-corrected chi connectivity index (χ3v) is 12.2. The first-order chi connectivity index (χ1) is 27.8. The highest BCUT2D eigenvalue weighted by Gasteiger charge is 2.49. The number of rotatable bonds is 4. The summed E-state index contributed by atoms with van der Waals surface area (Å²) < 4.78 is 72.6. The lowest BCUT2D eigenvalue weighted by Gasteiger charge is -2.44. The number of halogens is 3. The molecule has 6 aliphatic heterocycles. The van der Waals surface area contributed by atoms with Crippen molar-refractivity contribution in [2.45, 2.75) is 94.9 Å². The fraction of sp³-hybridized carbons (Fsp3) is 0.548. The van der Waals surface area contributed by atoms with E-state index in [1.807, 2.05) is 32.0 Å². The molecule has 16 heteroatoms. The van der Waals surface area contributed by atoms with Crippen molar-refractivity contribution in [3.63, 3.8) is 0 Å². The Labute approximate surface area is 334 Å². The molecular formula is C42H48F3N7O6. The van der Waals surface area contributed by atoms with E-state index < -0.39 is 42.4 Å². The Morgan fingerprint density at radius 2 is 1.83 bits per heavy atom. The zero-order valence-electron chi connectivity index (χ0n) is 33.0. The number of fused-ring (bicyclic) bond motifs is 7. The average molecular weight is 804 g/mol. The lowest BCUT2D eigenvalue weighted by molar-refractivity contribution is -0.0592. The first-order valence-corrected chi connectivity index (χ1v) is 20.3. The Kier molecular flexibility index (Phi) is 9.77. The fourth-order valence-corrected chi connectivity index (χ4v) is 9.98. The average Bonchev–Trinajstić information content (AvgIpc) is 3.75. The van der Waals surface area contributed by atoms with Gasteiger partial charge in [-0.1, -0.05) is 18.2 Å². The van der Waals surface area contributed by atoms with Gasteiger partial charge in [0.25, 0.3) is 5.92 Å². The van der Waals surface area contributed by atoms with Crippen LogP contribution in [0.25, 0.3) is 32.9 Å². The molecule has 1 N–H and O–H groups in total. The van der Waals surface area contributed by atoms with Crippen LogP contribution in [-0.2, 0) is 15.9 Å². The van der Waals surface area contributed by atoms with Crippen molar-refractivity contribution in [2.75, 3.05) is 57.4 Å². The Balaban J connectivity index is 1.20. The summed E-state index contributed by atoms with van der Waals surface area (Å²) >= 11 is 0. The number of carbonyl (C=O) groups is 2. The molecule has 4 aromatic rings. The van der Waals surface area contributed by atoms with Crippen LogP contribution in [0.5, 0.6) is 11.8 Å². The Morgan fingerprint density at radius 3 is 2.60 bits per heavy atom. The number of hydrogen-bond acceptors (Lipinski definition) is 11. The SMILES string of the molecule is CC1CN(C(=O)Oc2cc3c4c(cccc4c2)CCCOC(=O)NC2(C)CN(CC(F)(F)C2)c2nc(OCC45CCCN4CCC5)nc4c(F)c-3ncc24)CC(C)O1. The molecule has 4 saturated heterocycles. The number of piperidine rings is 1. The van der Waals surface area contributed by atoms with Gasteiger partial charge in [0.1, 0.15) is 29.4 Å². The highest BCUT2D eigenvalue weighted by molar-refractivity contribution is 6.02. The van der Waals surface area contributed by atoms with Gasteiger partial charge in [-0.25, -0.2) is 22.8 Å². The molecule has 10 rings (SSSR count). The molecule has 4 fully saturated rings. The van der Waals surface area contributed by atoms with Crippen LogP contribution in [-0.4, -0.2) is 119 Å². The summed E-state index contributed by atoms with van der Waals surface area (Å²) in [5.41, 5.74) is -0.708. The predicted octanol–water partition coefficient (Wildman–Crippen LogP) is 6.88. The quantitative estimate of drug-likeness (QED) is 0.232. The number of hydrogen-bond donors (Lipinski definition) is 1. The second kappa shape index (κ2) is 14.7. The zero-order valence-corrected chi connectivity index (χ0v) is 33.0. The Morgan fingerprint density at radius 1 is 1.05 bits per heavy atom. The van der Waals surface area contributed by atoms with Crippen molar-refractivity contribution in [3.05, 3.63) is 47.9 Å². The van der Waals surface area contributed by atoms with Gasteiger partial charge in [-0.3, -0.25) is 9.88 Å². The number of alkyl halides is 2. The number of pyridine rings is 1. The standard InChI is InChI=1S/C42H48F3N7O6/c1-25-19-50(20-26(2)57-25)39(54)58-29-16-28-9-4-8-27-10-5-15-55-38(53)49-40(3)21-42(44,45)23-51(22-40)36-31-18-46-34(30(17-29)32(27)28)33(43)35(31)47-37(48-36)56-24-41-11-6-13-52(41)14-7-12-41/h4,8-9,16-18,25-26H,5-7,10-15,19-24H2,1-3H3,(H,49,53). The summed E-state index contributed by atoms with van der Waals surface area (Å²) in [5, 5.41) is 4.12. The first-order valence-electron chi connectivity index (χ1n) is 20.3. The fourth-order valence-electron chi connectivity index (χ4n) is 9.98. The topological polar surface area (TPSA) is 131 Å². The number of carbonyl (C=O) groups excluding carboxylic acids is 2. The number of aromatic nitrogens is 3. The number of ether oxygens (including phenoxy) is 4. The monoisotopic (exact) mass is 803 g/mol. The largest absolute Gasteiger partial charge is 0.461 e. The number of anilines is 1. The van der Waals surface area contributed by atoms with E-state index in [0.717, 1.165) is 44.3 Å². The van der Waals surface area contributed by atoms with Crippen LogP contribution in [0.15, 0.2) is 36.5 Å². The van der Waals surface area contributed by atoms with E-state index in [-0.39, 0.29) is 71.7 Å². The van der Waals surface area contributed by atoms with Crippen LogP contribution in [0.1, 0.15) is 64.9 Å². The van der Waals surface area contributed by atoms with Crippen molar-refractivity contribution < 1.29 is 41.7 Å². The Hall–Kier alpha value is -4.96. The van der Waals surface area contributed by atoms with Crippen molar-refractivity contribution >= 4 is 39.7 Å². The molecule has 58 heavy (non-hydrogen) atoms. The number of nitrogens with zero attached hydrogens (tertiary/aromatic N) is 6. The smallest absolute Gasteiger partial charge is 0.415 e. The zero-order chi connectivity index (χ0) is 40.4. The van der Waals surface area contributed by atoms with Gasteiger partial charge in [-0.2, -0.15) is 9.97 Å². The number of benzene rings is 2. The lowest BCUT2D eigenvalue weighted by atomic mass is 9.88. The van der Waals surface area contributed by atoms with E-state index in [1.54, 1.807) is 17.0 Å². The van der Waals surface area contributed by atoms with Crippen LogP contribution in [0.3, 0.4) is 0 Å². The molecule has 3 unspecified atom stereocenters. The molecular weight excluding hydrogens is 755 g/mol. The normalized spacial score (nSPS) is 25.7. The van der Waals surface area contributed by atoms with Crippen molar-refractivity contribution in [1.82, 2.24) is 30.1 Å². The van der Waals surface area contributed by atoms with Gasteiger partial charge in [0.05, 0.1) is 54.9 Å². The number of nitrogens with one attached hydrogen (secondary N) is 1. The van der Waals surface area contributed by atoms with Gasteiger partial charge in [0.2, 0.25) is 0 Å². The van der Waals surface area contributed by atoms with Crippen molar-refractivity contribution in [1.29, 1.82) is 0 Å². The first kappa shape index (κ1) is 38.6. The van der Waals surface area contributed by atoms with E-state index in [1.165, 1.54) is 18.0 Å². The van der Waals surface area contributed by atoms with Gasteiger partial charge in [-0.05, 0) is 101 Å². The van der Waals surface area contributed by atoms with E-state index in [0.29, 0.717) is 42.3 Å². The molecule has 6 bridgehead atoms. The molecule has 8 heterocycles. The lowest BCUT2D eigenvalue weighted by Crippen LogP contribution is -2.63. The van der Waals surface area contributed by atoms with E-state index in [9.17, 15) is 9.59 Å². The predicted molar refractivity (Wildman–Crippen MR) is 209 cm³/mol. The van der Waals surface area contributed by atoms with Gasteiger partial charge in [0, 0.05) is 24.7 Å². The maximum Gasteiger partial charge on any atom is 0.415 e. The molecule has 0 aliphatic carbocycles. The van der Waals surface area contributed by atoms with E-state index >= 15 is 13.2 Å². The molecule has 2 aromatic carbocycles. The van der Waals surface area contributed by atoms with E-state index in [2.05, 4.69) is 25.2 Å². The number of morpholine rings is 1. The van der Waals surface area contributed by atoms with Crippen molar-refractivity contribution in [2.24, 2.45) is 0 Å². The summed E-state index contributed by atoms with van der Waals surface area (Å²) in [7, 11) is 0. The minimum Gasteiger partial charge on any atom is -0.461 e. The summed E-state index contributed by atoms with van der Waals surface area (Å²) in [6.45, 7) is 7.39. The van der Waals surface area contributed by atoms with Crippen molar-refractivity contribution in [3.8, 4) is 23.0 Å². The van der Waals surface area contributed by atoms with Gasteiger partial charge >= 0.3 is 18.2 Å². The molecule has 2 aromatic heterocycles. The molecule has 0 spiro atoms. The van der Waals surface area contributed by atoms with E-state index in [4.69, 9.17) is 18.9 Å². The third-order valence-electron chi connectivity index (χ3n) is 12.2.